The van der Waals surface area contributed by atoms with Crippen LogP contribution in [-0.2, 0) is 17.9 Å². The van der Waals surface area contributed by atoms with Crippen LogP contribution in [-0.4, -0.2) is 36.4 Å². The predicted molar refractivity (Wildman–Crippen MR) is 98.5 cm³/mol. The second-order valence-corrected chi connectivity index (χ2v) is 6.61. The molecule has 27 heavy (non-hydrogen) atoms. The second-order valence-electron chi connectivity index (χ2n) is 6.61. The Morgan fingerprint density at radius 3 is 2.56 bits per heavy atom. The van der Waals surface area contributed by atoms with Crippen molar-refractivity contribution in [2.75, 3.05) is 18.6 Å². The lowest BCUT2D eigenvalue weighted by Crippen LogP contribution is -2.49. The molecule has 0 aromatic heterocycles. The van der Waals surface area contributed by atoms with Crippen molar-refractivity contribution in [3.63, 3.8) is 0 Å². The summed E-state index contributed by atoms with van der Waals surface area (Å²) in [5.74, 6) is 0.438. The minimum atomic E-state index is -0.452. The van der Waals surface area contributed by atoms with E-state index in [9.17, 15) is 14.4 Å². The number of fused-ring (bicyclic) bond motifs is 1. The monoisotopic (exact) mass is 365 g/mol. The molecule has 0 unspecified atom stereocenters. The number of urea groups is 1. The molecule has 0 radical (unpaired) electrons. The lowest BCUT2D eigenvalue weighted by atomic mass is 10.1. The summed E-state index contributed by atoms with van der Waals surface area (Å²) in [7, 11) is 1.62. The maximum absolute atomic E-state index is 12.8. The summed E-state index contributed by atoms with van der Waals surface area (Å²) in [4.78, 5) is 39.4. The summed E-state index contributed by atoms with van der Waals surface area (Å²) < 4.78 is 5.16. The minimum absolute atomic E-state index is 0.0591. The summed E-state index contributed by atoms with van der Waals surface area (Å²) in [6.07, 6.45) is 0.250. The van der Waals surface area contributed by atoms with E-state index in [4.69, 9.17) is 4.74 Å². The van der Waals surface area contributed by atoms with E-state index in [0.717, 1.165) is 16.9 Å². The number of anilines is 1. The van der Waals surface area contributed by atoms with Crippen molar-refractivity contribution < 1.29 is 19.1 Å². The molecule has 1 N–H and O–H groups in total. The Bertz CT molecular complexity index is 923. The Morgan fingerprint density at radius 2 is 1.85 bits per heavy atom. The molecule has 7 heteroatoms. The van der Waals surface area contributed by atoms with E-state index in [1.807, 2.05) is 36.4 Å². The Balaban J connectivity index is 1.52. The lowest BCUT2D eigenvalue weighted by molar-refractivity contribution is -0.120. The highest BCUT2D eigenvalue weighted by molar-refractivity contribution is 6.06. The number of methoxy groups -OCH3 is 1. The Morgan fingerprint density at radius 1 is 1.07 bits per heavy atom. The van der Waals surface area contributed by atoms with Gasteiger partial charge in [0.15, 0.2) is 0 Å². The van der Waals surface area contributed by atoms with E-state index in [0.29, 0.717) is 30.9 Å². The van der Waals surface area contributed by atoms with E-state index in [1.165, 1.54) is 4.90 Å². The number of hydrogen-bond donors (Lipinski definition) is 1. The third-order valence-electron chi connectivity index (χ3n) is 4.87. The zero-order chi connectivity index (χ0) is 19.0. The van der Waals surface area contributed by atoms with Crippen LogP contribution >= 0.6 is 0 Å². The Labute approximate surface area is 156 Å². The highest BCUT2D eigenvalue weighted by Crippen LogP contribution is 2.29. The number of amides is 4. The van der Waals surface area contributed by atoms with E-state index in [-0.39, 0.29) is 18.2 Å². The van der Waals surface area contributed by atoms with E-state index >= 15 is 0 Å². The number of imide groups is 1. The summed E-state index contributed by atoms with van der Waals surface area (Å²) in [5.41, 5.74) is 3.18. The summed E-state index contributed by atoms with van der Waals surface area (Å²) in [5, 5.41) is 2.30. The van der Waals surface area contributed by atoms with Crippen molar-refractivity contribution >= 4 is 23.5 Å². The molecule has 2 aromatic carbocycles. The largest absolute Gasteiger partial charge is 0.497 e. The van der Waals surface area contributed by atoms with Crippen molar-refractivity contribution in [1.82, 2.24) is 10.2 Å². The number of rotatable bonds is 4. The van der Waals surface area contributed by atoms with Gasteiger partial charge in [-0.2, -0.15) is 0 Å². The van der Waals surface area contributed by atoms with Gasteiger partial charge >= 0.3 is 6.03 Å². The van der Waals surface area contributed by atoms with Crippen LogP contribution < -0.4 is 15.0 Å². The number of nitrogens with one attached hydrogen (secondary N) is 1. The molecule has 0 saturated carbocycles. The molecule has 1 fully saturated rings. The van der Waals surface area contributed by atoms with Gasteiger partial charge in [0.2, 0.25) is 5.91 Å². The van der Waals surface area contributed by atoms with Crippen molar-refractivity contribution in [3.8, 4) is 5.75 Å². The molecule has 0 bridgehead atoms. The Hall–Kier alpha value is -3.35. The van der Waals surface area contributed by atoms with Gasteiger partial charge in [0.25, 0.3) is 5.91 Å². The summed E-state index contributed by atoms with van der Waals surface area (Å²) in [6.45, 7) is 1.35. The molecule has 7 nitrogen and oxygen atoms in total. The molecular weight excluding hydrogens is 346 g/mol. The Kier molecular flexibility index (Phi) is 4.27. The molecule has 2 aliphatic heterocycles. The summed E-state index contributed by atoms with van der Waals surface area (Å²) in [6, 6.07) is 12.6. The number of carbonyl (C=O) groups is 3. The van der Waals surface area contributed by atoms with Crippen LogP contribution in [0.3, 0.4) is 0 Å². The molecule has 2 aliphatic rings. The van der Waals surface area contributed by atoms with Crippen molar-refractivity contribution in [1.29, 1.82) is 0 Å². The highest BCUT2D eigenvalue weighted by Gasteiger charge is 2.30. The first kappa shape index (κ1) is 17.1. The van der Waals surface area contributed by atoms with Gasteiger partial charge in [0, 0.05) is 37.3 Å². The fourth-order valence-corrected chi connectivity index (χ4v) is 3.41. The number of nitrogens with zero attached hydrogens (tertiary/aromatic N) is 2. The number of ether oxygens (including phenoxy) is 1. The third kappa shape index (κ3) is 3.23. The molecule has 4 rings (SSSR count). The number of benzene rings is 2. The van der Waals surface area contributed by atoms with Crippen LogP contribution in [0.2, 0.25) is 0 Å². The van der Waals surface area contributed by atoms with Crippen LogP contribution in [0, 0.1) is 0 Å². The third-order valence-corrected chi connectivity index (χ3v) is 4.87. The van der Waals surface area contributed by atoms with Gasteiger partial charge in [-0.15, -0.1) is 0 Å². The average Bonchev–Trinajstić information content (AvgIpc) is 2.97. The smallest absolute Gasteiger partial charge is 0.328 e. The molecule has 4 amide bonds. The average molecular weight is 365 g/mol. The zero-order valence-corrected chi connectivity index (χ0v) is 14.9. The minimum Gasteiger partial charge on any atom is -0.497 e. The van der Waals surface area contributed by atoms with Gasteiger partial charge in [-0.25, -0.2) is 4.79 Å². The van der Waals surface area contributed by atoms with Crippen LogP contribution in [0.25, 0.3) is 0 Å². The first-order chi connectivity index (χ1) is 13.0. The van der Waals surface area contributed by atoms with Crippen molar-refractivity contribution in [2.24, 2.45) is 0 Å². The van der Waals surface area contributed by atoms with Gasteiger partial charge in [-0.05, 0) is 35.4 Å². The van der Waals surface area contributed by atoms with Crippen LogP contribution in [0.1, 0.15) is 27.9 Å². The fourth-order valence-electron chi connectivity index (χ4n) is 3.41. The topological polar surface area (TPSA) is 79.0 Å². The molecule has 2 aromatic rings. The zero-order valence-electron chi connectivity index (χ0n) is 14.9. The second kappa shape index (κ2) is 6.75. The van der Waals surface area contributed by atoms with Crippen LogP contribution in [0.15, 0.2) is 42.5 Å². The lowest BCUT2D eigenvalue weighted by Gasteiger charge is -2.26. The van der Waals surface area contributed by atoms with Gasteiger partial charge in [0.1, 0.15) is 5.75 Å². The van der Waals surface area contributed by atoms with Crippen LogP contribution in [0.4, 0.5) is 10.5 Å². The molecule has 2 heterocycles. The van der Waals surface area contributed by atoms with E-state index in [1.54, 1.807) is 18.1 Å². The maximum Gasteiger partial charge on any atom is 0.328 e. The van der Waals surface area contributed by atoms with Gasteiger partial charge < -0.3 is 9.64 Å². The van der Waals surface area contributed by atoms with Crippen molar-refractivity contribution in [3.05, 3.63) is 59.2 Å². The molecule has 0 aliphatic carbocycles. The maximum atomic E-state index is 12.8. The highest BCUT2D eigenvalue weighted by atomic mass is 16.5. The summed E-state index contributed by atoms with van der Waals surface area (Å²) >= 11 is 0. The number of hydrogen-bond acceptors (Lipinski definition) is 4. The number of carbonyl (C=O) groups excluding carboxylic acids is 3. The van der Waals surface area contributed by atoms with Gasteiger partial charge in [-0.3, -0.25) is 19.8 Å². The molecule has 1 saturated heterocycles. The van der Waals surface area contributed by atoms with Crippen LogP contribution in [0.5, 0.6) is 5.75 Å². The van der Waals surface area contributed by atoms with Gasteiger partial charge in [-0.1, -0.05) is 18.2 Å². The van der Waals surface area contributed by atoms with E-state index < -0.39 is 6.03 Å². The quantitative estimate of drug-likeness (QED) is 0.902. The SMILES string of the molecule is COc1ccc(CN2Cc3ccc(N4CCC(=O)NC4=O)cc3C2=O)cc1. The normalized spacial score (nSPS) is 16.4. The first-order valence-corrected chi connectivity index (χ1v) is 8.71. The molecule has 0 spiro atoms. The van der Waals surface area contributed by atoms with Crippen molar-refractivity contribution in [2.45, 2.75) is 19.5 Å². The first-order valence-electron chi connectivity index (χ1n) is 8.71. The standard InChI is InChI=1S/C20H19N3O4/c1-27-16-6-2-13(3-7-16)11-22-12-14-4-5-15(10-17(14)19(22)25)23-9-8-18(24)21-20(23)26/h2-7,10H,8-9,11-12H2,1H3,(H,21,24,26). The molecule has 0 atom stereocenters. The molecular formula is C20H19N3O4. The predicted octanol–water partition coefficient (Wildman–Crippen LogP) is 2.30. The fraction of sp³-hybridized carbons (Fsp3) is 0.250. The van der Waals surface area contributed by atoms with E-state index in [2.05, 4.69) is 5.32 Å². The van der Waals surface area contributed by atoms with Gasteiger partial charge in [0.05, 0.1) is 7.11 Å². The molecule has 138 valence electrons.